The minimum atomic E-state index is 0.122. The lowest BCUT2D eigenvalue weighted by Crippen LogP contribution is -2.28. The minimum Gasteiger partial charge on any atom is -0.378 e. The first-order valence-electron chi connectivity index (χ1n) is 6.88. The Kier molecular flexibility index (Phi) is 4.90. The molecule has 0 saturated carbocycles. The predicted molar refractivity (Wildman–Crippen MR) is 70.4 cm³/mol. The van der Waals surface area contributed by atoms with Crippen molar-refractivity contribution in [1.29, 1.82) is 0 Å². The third-order valence-corrected chi connectivity index (χ3v) is 3.40. The van der Waals surface area contributed by atoms with Gasteiger partial charge in [0.1, 0.15) is 5.82 Å². The molecular formula is C13H22N4O2. The van der Waals surface area contributed by atoms with E-state index >= 15 is 0 Å². The first-order valence-corrected chi connectivity index (χ1v) is 6.88. The molecule has 1 aromatic heterocycles. The maximum atomic E-state index is 12.0. The van der Waals surface area contributed by atoms with Crippen molar-refractivity contribution in [2.75, 3.05) is 13.7 Å². The molecule has 1 saturated heterocycles. The van der Waals surface area contributed by atoms with E-state index in [0.717, 1.165) is 31.7 Å². The Hall–Kier alpha value is -1.43. The van der Waals surface area contributed by atoms with Crippen LogP contribution in [0.3, 0.4) is 0 Å². The van der Waals surface area contributed by atoms with Crippen LogP contribution in [0.1, 0.15) is 43.8 Å². The van der Waals surface area contributed by atoms with Gasteiger partial charge in [-0.2, -0.15) is 5.10 Å². The minimum absolute atomic E-state index is 0.122. The molecule has 1 aliphatic heterocycles. The zero-order valence-corrected chi connectivity index (χ0v) is 11.7. The summed E-state index contributed by atoms with van der Waals surface area (Å²) in [5.74, 6) is 1.55. The molecule has 0 spiro atoms. The van der Waals surface area contributed by atoms with Gasteiger partial charge >= 0.3 is 0 Å². The highest BCUT2D eigenvalue weighted by Crippen LogP contribution is 2.17. The Balaban J connectivity index is 1.72. The summed E-state index contributed by atoms with van der Waals surface area (Å²) in [5.41, 5.74) is 0. The van der Waals surface area contributed by atoms with E-state index in [1.54, 1.807) is 11.9 Å². The zero-order valence-electron chi connectivity index (χ0n) is 11.7. The Bertz CT molecular complexity index is 413. The molecule has 1 N–H and O–H groups in total. The average molecular weight is 266 g/mol. The van der Waals surface area contributed by atoms with E-state index in [-0.39, 0.29) is 12.0 Å². The number of H-pyrrole nitrogens is 1. The number of ether oxygens (including phenoxy) is 1. The van der Waals surface area contributed by atoms with Gasteiger partial charge in [-0.25, -0.2) is 4.98 Å². The van der Waals surface area contributed by atoms with Crippen molar-refractivity contribution in [3.63, 3.8) is 0 Å². The molecule has 0 bridgehead atoms. The third kappa shape index (κ3) is 4.31. The van der Waals surface area contributed by atoms with Crippen molar-refractivity contribution in [3.8, 4) is 0 Å². The number of rotatable bonds is 5. The van der Waals surface area contributed by atoms with Crippen LogP contribution in [0.15, 0.2) is 0 Å². The van der Waals surface area contributed by atoms with Gasteiger partial charge in [0.05, 0.1) is 12.6 Å². The number of carbonyl (C=O) groups is 1. The highest BCUT2D eigenvalue weighted by Gasteiger charge is 2.17. The van der Waals surface area contributed by atoms with Gasteiger partial charge in [-0.05, 0) is 32.6 Å². The lowest BCUT2D eigenvalue weighted by atomic mass is 10.0. The molecule has 1 fully saturated rings. The second-order valence-corrected chi connectivity index (χ2v) is 5.11. The molecule has 1 unspecified atom stereocenters. The molecule has 0 radical (unpaired) electrons. The van der Waals surface area contributed by atoms with Gasteiger partial charge in [0.25, 0.3) is 0 Å². The van der Waals surface area contributed by atoms with Crippen LogP contribution in [0.5, 0.6) is 0 Å². The fourth-order valence-corrected chi connectivity index (χ4v) is 2.27. The number of nitrogens with one attached hydrogen (secondary N) is 1. The molecule has 2 heterocycles. The molecule has 1 aliphatic rings. The van der Waals surface area contributed by atoms with Gasteiger partial charge in [0, 0.05) is 20.1 Å². The number of aromatic nitrogens is 3. The van der Waals surface area contributed by atoms with E-state index in [1.807, 2.05) is 6.92 Å². The van der Waals surface area contributed by atoms with Crippen LogP contribution in [0.25, 0.3) is 0 Å². The van der Waals surface area contributed by atoms with Crippen molar-refractivity contribution in [2.24, 2.45) is 0 Å². The van der Waals surface area contributed by atoms with Gasteiger partial charge in [-0.15, -0.1) is 0 Å². The maximum Gasteiger partial charge on any atom is 0.222 e. The number of aromatic amines is 1. The summed E-state index contributed by atoms with van der Waals surface area (Å²) >= 11 is 0. The van der Waals surface area contributed by atoms with E-state index in [9.17, 15) is 4.79 Å². The van der Waals surface area contributed by atoms with Crippen LogP contribution < -0.4 is 0 Å². The topological polar surface area (TPSA) is 71.1 Å². The summed E-state index contributed by atoms with van der Waals surface area (Å²) in [4.78, 5) is 17.9. The third-order valence-electron chi connectivity index (χ3n) is 3.40. The summed E-state index contributed by atoms with van der Waals surface area (Å²) in [6.07, 6.45) is 5.05. The lowest BCUT2D eigenvalue weighted by molar-refractivity contribution is -0.131. The van der Waals surface area contributed by atoms with E-state index in [2.05, 4.69) is 15.2 Å². The number of nitrogens with zero attached hydrogens (tertiary/aromatic N) is 3. The number of carbonyl (C=O) groups excluding carboxylic acids is 1. The predicted octanol–water partition coefficient (Wildman–Crippen LogP) is 1.42. The van der Waals surface area contributed by atoms with E-state index in [1.165, 1.54) is 6.42 Å². The molecular weight excluding hydrogens is 244 g/mol. The highest BCUT2D eigenvalue weighted by molar-refractivity contribution is 5.75. The molecule has 1 atom stereocenters. The number of hydrogen-bond donors (Lipinski definition) is 1. The van der Waals surface area contributed by atoms with E-state index in [4.69, 9.17) is 4.74 Å². The Labute approximate surface area is 113 Å². The molecule has 1 aromatic rings. The average Bonchev–Trinajstić information content (AvgIpc) is 2.82. The summed E-state index contributed by atoms with van der Waals surface area (Å²) in [6.45, 7) is 3.14. The molecule has 0 aromatic carbocycles. The molecule has 6 heteroatoms. The number of amides is 1. The van der Waals surface area contributed by atoms with Crippen molar-refractivity contribution in [3.05, 3.63) is 11.6 Å². The zero-order chi connectivity index (χ0) is 13.7. The standard InChI is InChI=1S/C13H22N4O2/c1-10-14-12(16-15-10)9-17(2)13(18)7-6-11-5-3-4-8-19-11/h11H,3-9H2,1-2H3,(H,14,15,16). The van der Waals surface area contributed by atoms with Crippen LogP contribution in [0.4, 0.5) is 0 Å². The molecule has 1 amide bonds. The second-order valence-electron chi connectivity index (χ2n) is 5.11. The molecule has 0 aliphatic carbocycles. The Morgan fingerprint density at radius 1 is 1.53 bits per heavy atom. The van der Waals surface area contributed by atoms with Crippen LogP contribution in [-0.2, 0) is 16.1 Å². The van der Waals surface area contributed by atoms with Crippen molar-refractivity contribution >= 4 is 5.91 Å². The highest BCUT2D eigenvalue weighted by atomic mass is 16.5. The first kappa shape index (κ1) is 14.0. The Morgan fingerprint density at radius 2 is 2.37 bits per heavy atom. The maximum absolute atomic E-state index is 12.0. The molecule has 19 heavy (non-hydrogen) atoms. The largest absolute Gasteiger partial charge is 0.378 e. The smallest absolute Gasteiger partial charge is 0.222 e. The first-order chi connectivity index (χ1) is 9.15. The van der Waals surface area contributed by atoms with Crippen molar-refractivity contribution in [2.45, 2.75) is 51.7 Å². The summed E-state index contributed by atoms with van der Waals surface area (Å²) in [7, 11) is 1.79. The summed E-state index contributed by atoms with van der Waals surface area (Å²) in [5, 5.41) is 6.81. The fourth-order valence-electron chi connectivity index (χ4n) is 2.27. The monoisotopic (exact) mass is 266 g/mol. The van der Waals surface area contributed by atoms with Gasteiger partial charge in [-0.1, -0.05) is 0 Å². The van der Waals surface area contributed by atoms with Gasteiger partial charge < -0.3 is 9.64 Å². The van der Waals surface area contributed by atoms with Crippen LogP contribution in [-0.4, -0.2) is 45.7 Å². The van der Waals surface area contributed by atoms with E-state index in [0.29, 0.717) is 18.8 Å². The summed E-state index contributed by atoms with van der Waals surface area (Å²) in [6, 6.07) is 0. The SMILES string of the molecule is Cc1nc(CN(C)C(=O)CCC2CCCCO2)n[nH]1. The summed E-state index contributed by atoms with van der Waals surface area (Å²) < 4.78 is 5.63. The Morgan fingerprint density at radius 3 is 3.00 bits per heavy atom. The lowest BCUT2D eigenvalue weighted by Gasteiger charge is -2.23. The number of hydrogen-bond acceptors (Lipinski definition) is 4. The molecule has 106 valence electrons. The molecule has 6 nitrogen and oxygen atoms in total. The number of aryl methyl sites for hydroxylation is 1. The second kappa shape index (κ2) is 6.65. The fraction of sp³-hybridized carbons (Fsp3) is 0.769. The van der Waals surface area contributed by atoms with Crippen LogP contribution >= 0.6 is 0 Å². The van der Waals surface area contributed by atoms with Crippen LogP contribution in [0.2, 0.25) is 0 Å². The normalized spacial score (nSPS) is 19.4. The van der Waals surface area contributed by atoms with Gasteiger partial charge in [0.15, 0.2) is 5.82 Å². The molecule has 2 rings (SSSR count). The van der Waals surface area contributed by atoms with E-state index < -0.39 is 0 Å². The van der Waals surface area contributed by atoms with Crippen molar-refractivity contribution < 1.29 is 9.53 Å². The van der Waals surface area contributed by atoms with Crippen LogP contribution in [0, 0.1) is 6.92 Å². The van der Waals surface area contributed by atoms with Crippen molar-refractivity contribution in [1.82, 2.24) is 20.1 Å². The quantitative estimate of drug-likeness (QED) is 0.875. The van der Waals surface area contributed by atoms with Gasteiger partial charge in [-0.3, -0.25) is 9.89 Å². The van der Waals surface area contributed by atoms with Gasteiger partial charge in [0.2, 0.25) is 5.91 Å².